The third kappa shape index (κ3) is 3.09. The van der Waals surface area contributed by atoms with Gasteiger partial charge in [-0.05, 0) is 18.6 Å². The quantitative estimate of drug-likeness (QED) is 0.613. The monoisotopic (exact) mass is 262 g/mol. The van der Waals surface area contributed by atoms with Crippen molar-refractivity contribution >= 4 is 17.3 Å². The van der Waals surface area contributed by atoms with Crippen LogP contribution in [0.1, 0.15) is 11.4 Å². The number of hydrogen-bond acceptors (Lipinski definition) is 6. The molecule has 0 aliphatic carbocycles. The van der Waals surface area contributed by atoms with E-state index in [1.54, 1.807) is 13.0 Å². The molecule has 2 aromatic rings. The molecule has 0 bridgehead atoms. The first-order valence-corrected chi connectivity index (χ1v) is 5.33. The van der Waals surface area contributed by atoms with E-state index in [-0.39, 0.29) is 23.6 Å². The molecular weight excluding hydrogens is 252 g/mol. The van der Waals surface area contributed by atoms with Crippen LogP contribution in [0.5, 0.6) is 0 Å². The van der Waals surface area contributed by atoms with Crippen molar-refractivity contribution in [2.75, 3.05) is 5.32 Å². The summed E-state index contributed by atoms with van der Waals surface area (Å²) in [6.07, 6.45) is -0.110. The third-order valence-corrected chi connectivity index (χ3v) is 2.33. The Morgan fingerprint density at radius 3 is 2.95 bits per heavy atom. The SMILES string of the molecule is Cc1ccc(NC(=O)Cc2nn[nH]n2)c([N+](=O)[O-])c1. The van der Waals surface area contributed by atoms with Crippen LogP contribution < -0.4 is 5.32 Å². The molecule has 98 valence electrons. The molecule has 1 aromatic carbocycles. The fraction of sp³-hybridized carbons (Fsp3) is 0.200. The van der Waals surface area contributed by atoms with Crippen LogP contribution in [0.4, 0.5) is 11.4 Å². The van der Waals surface area contributed by atoms with Crippen LogP contribution in [0, 0.1) is 17.0 Å². The summed E-state index contributed by atoms with van der Waals surface area (Å²) in [6, 6.07) is 4.56. The van der Waals surface area contributed by atoms with Crippen molar-refractivity contribution < 1.29 is 9.72 Å². The second-order valence-electron chi connectivity index (χ2n) is 3.83. The number of carbonyl (C=O) groups excluding carboxylic acids is 1. The van der Waals surface area contributed by atoms with E-state index in [1.165, 1.54) is 12.1 Å². The molecule has 0 aliphatic rings. The minimum atomic E-state index is -0.545. The summed E-state index contributed by atoms with van der Waals surface area (Å²) in [5.74, 6) is -0.236. The zero-order chi connectivity index (χ0) is 13.8. The van der Waals surface area contributed by atoms with Gasteiger partial charge in [-0.15, -0.1) is 10.2 Å². The molecule has 0 unspecified atom stereocenters. The average Bonchev–Trinajstić information content (AvgIpc) is 2.83. The van der Waals surface area contributed by atoms with Gasteiger partial charge in [0.2, 0.25) is 5.91 Å². The summed E-state index contributed by atoms with van der Waals surface area (Å²) in [4.78, 5) is 22.0. The van der Waals surface area contributed by atoms with E-state index in [0.717, 1.165) is 5.56 Å². The molecule has 2 rings (SSSR count). The van der Waals surface area contributed by atoms with Crippen molar-refractivity contribution in [1.82, 2.24) is 20.6 Å². The zero-order valence-electron chi connectivity index (χ0n) is 9.95. The number of tetrazole rings is 1. The maximum absolute atomic E-state index is 11.7. The predicted molar refractivity (Wildman–Crippen MR) is 64.3 cm³/mol. The van der Waals surface area contributed by atoms with Gasteiger partial charge in [-0.2, -0.15) is 5.21 Å². The van der Waals surface area contributed by atoms with Gasteiger partial charge in [0.25, 0.3) is 5.69 Å². The Labute approximate surface area is 107 Å². The molecule has 0 radical (unpaired) electrons. The number of nitrogens with zero attached hydrogens (tertiary/aromatic N) is 4. The maximum Gasteiger partial charge on any atom is 0.293 e. The molecule has 9 heteroatoms. The number of nitro groups is 1. The highest BCUT2D eigenvalue weighted by atomic mass is 16.6. The number of aromatic amines is 1. The van der Waals surface area contributed by atoms with Crippen LogP contribution in [0.15, 0.2) is 18.2 Å². The lowest BCUT2D eigenvalue weighted by atomic mass is 10.2. The molecule has 0 fully saturated rings. The number of aromatic nitrogens is 4. The first-order chi connectivity index (χ1) is 9.06. The highest BCUT2D eigenvalue weighted by molar-refractivity contribution is 5.94. The summed E-state index contributed by atoms with van der Waals surface area (Å²) in [7, 11) is 0. The Balaban J connectivity index is 2.14. The standard InChI is InChI=1S/C10H10N6O3/c1-6-2-3-7(8(4-6)16(18)19)11-10(17)5-9-12-14-15-13-9/h2-4H,5H2,1H3,(H,11,17)(H,12,13,14,15). The van der Waals surface area contributed by atoms with Crippen LogP contribution in [0.25, 0.3) is 0 Å². The maximum atomic E-state index is 11.7. The number of anilines is 1. The number of nitro benzene ring substituents is 1. The number of benzene rings is 1. The molecule has 0 saturated heterocycles. The lowest BCUT2D eigenvalue weighted by Crippen LogP contribution is -2.16. The predicted octanol–water partition coefficient (Wildman–Crippen LogP) is 0.598. The minimum Gasteiger partial charge on any atom is -0.320 e. The van der Waals surface area contributed by atoms with Gasteiger partial charge in [-0.1, -0.05) is 11.3 Å². The van der Waals surface area contributed by atoms with Gasteiger partial charge >= 0.3 is 0 Å². The molecule has 1 amide bonds. The highest BCUT2D eigenvalue weighted by Gasteiger charge is 2.16. The van der Waals surface area contributed by atoms with Crippen molar-refractivity contribution in [3.8, 4) is 0 Å². The molecule has 9 nitrogen and oxygen atoms in total. The van der Waals surface area contributed by atoms with E-state index in [4.69, 9.17) is 0 Å². The normalized spacial score (nSPS) is 10.2. The van der Waals surface area contributed by atoms with E-state index < -0.39 is 10.8 Å². The first-order valence-electron chi connectivity index (χ1n) is 5.33. The van der Waals surface area contributed by atoms with Crippen molar-refractivity contribution in [2.24, 2.45) is 0 Å². The highest BCUT2D eigenvalue weighted by Crippen LogP contribution is 2.25. The summed E-state index contributed by atoms with van der Waals surface area (Å²) in [6.45, 7) is 1.73. The number of nitrogens with one attached hydrogen (secondary N) is 2. The summed E-state index contributed by atoms with van der Waals surface area (Å²) in [5, 5.41) is 26.1. The van der Waals surface area contributed by atoms with Gasteiger partial charge < -0.3 is 5.32 Å². The fourth-order valence-electron chi connectivity index (χ4n) is 1.49. The molecule has 0 aliphatic heterocycles. The van der Waals surface area contributed by atoms with Gasteiger partial charge in [0.15, 0.2) is 5.82 Å². The summed E-state index contributed by atoms with van der Waals surface area (Å²) >= 11 is 0. The number of aryl methyl sites for hydroxylation is 1. The van der Waals surface area contributed by atoms with Crippen molar-refractivity contribution in [3.05, 3.63) is 39.7 Å². The number of rotatable bonds is 4. The van der Waals surface area contributed by atoms with Crippen LogP contribution in [0.2, 0.25) is 0 Å². The molecule has 0 saturated carbocycles. The van der Waals surface area contributed by atoms with Crippen molar-refractivity contribution in [2.45, 2.75) is 13.3 Å². The van der Waals surface area contributed by atoms with E-state index in [1.807, 2.05) is 0 Å². The first kappa shape index (κ1) is 12.6. The Bertz CT molecular complexity index is 610. The van der Waals surface area contributed by atoms with E-state index in [9.17, 15) is 14.9 Å². The number of amides is 1. The van der Waals surface area contributed by atoms with E-state index in [2.05, 4.69) is 25.9 Å². The van der Waals surface area contributed by atoms with Crippen LogP contribution >= 0.6 is 0 Å². The van der Waals surface area contributed by atoms with E-state index >= 15 is 0 Å². The van der Waals surface area contributed by atoms with Crippen LogP contribution in [0.3, 0.4) is 0 Å². The fourth-order valence-corrected chi connectivity index (χ4v) is 1.49. The zero-order valence-corrected chi connectivity index (χ0v) is 9.95. The second-order valence-corrected chi connectivity index (χ2v) is 3.83. The molecular formula is C10H10N6O3. The average molecular weight is 262 g/mol. The molecule has 2 N–H and O–H groups in total. The van der Waals surface area contributed by atoms with Gasteiger partial charge in [0, 0.05) is 6.07 Å². The molecule has 0 atom stereocenters. The van der Waals surface area contributed by atoms with Crippen molar-refractivity contribution in [1.29, 1.82) is 0 Å². The van der Waals surface area contributed by atoms with Gasteiger partial charge in [-0.25, -0.2) is 0 Å². The Morgan fingerprint density at radius 1 is 1.53 bits per heavy atom. The van der Waals surface area contributed by atoms with Gasteiger partial charge in [-0.3, -0.25) is 14.9 Å². The number of carbonyl (C=O) groups is 1. The lowest BCUT2D eigenvalue weighted by molar-refractivity contribution is -0.384. The van der Waals surface area contributed by atoms with E-state index in [0.29, 0.717) is 0 Å². The summed E-state index contributed by atoms with van der Waals surface area (Å²) in [5.41, 5.74) is 0.730. The topological polar surface area (TPSA) is 127 Å². The van der Waals surface area contributed by atoms with Gasteiger partial charge in [0.05, 0.1) is 11.3 Å². The van der Waals surface area contributed by atoms with Crippen LogP contribution in [-0.4, -0.2) is 31.5 Å². The van der Waals surface area contributed by atoms with Crippen molar-refractivity contribution in [3.63, 3.8) is 0 Å². The smallest absolute Gasteiger partial charge is 0.293 e. The Kier molecular flexibility index (Phi) is 3.46. The Morgan fingerprint density at radius 2 is 2.32 bits per heavy atom. The second kappa shape index (κ2) is 5.21. The summed E-state index contributed by atoms with van der Waals surface area (Å²) < 4.78 is 0. The number of H-pyrrole nitrogens is 1. The molecule has 0 spiro atoms. The van der Waals surface area contributed by atoms with Gasteiger partial charge in [0.1, 0.15) is 5.69 Å². The van der Waals surface area contributed by atoms with Crippen LogP contribution in [-0.2, 0) is 11.2 Å². The lowest BCUT2D eigenvalue weighted by Gasteiger charge is -2.05. The largest absolute Gasteiger partial charge is 0.320 e. The third-order valence-electron chi connectivity index (χ3n) is 2.33. The Hall–Kier alpha value is -2.84. The molecule has 1 aromatic heterocycles. The minimum absolute atomic E-state index is 0.110. The molecule has 1 heterocycles. The number of hydrogen-bond donors (Lipinski definition) is 2. The molecule has 19 heavy (non-hydrogen) atoms.